The average Bonchev–Trinajstić information content (AvgIpc) is 2.28. The van der Waals surface area contributed by atoms with Crippen LogP contribution in [0.5, 0.6) is 0 Å². The number of amides is 1. The van der Waals surface area contributed by atoms with E-state index in [0.717, 1.165) is 5.69 Å². The zero-order valence-electron chi connectivity index (χ0n) is 9.51. The Morgan fingerprint density at radius 2 is 2.25 bits per heavy atom. The molecule has 4 heteroatoms. The number of carbonyl (C=O) groups is 2. The third-order valence-electron chi connectivity index (χ3n) is 2.34. The number of hydrogen-bond donors (Lipinski definition) is 1. The predicted octanol–water partition coefficient (Wildman–Crippen LogP) is 1.17. The smallest absolute Gasteiger partial charge is 0.230 e. The molecule has 0 unspecified atom stereocenters. The normalized spacial score (nSPS) is 12.2. The molecule has 1 aromatic rings. The fourth-order valence-electron chi connectivity index (χ4n) is 1.32. The van der Waals surface area contributed by atoms with Gasteiger partial charge in [0.05, 0.1) is 18.2 Å². The Hall–Kier alpha value is -1.71. The summed E-state index contributed by atoms with van der Waals surface area (Å²) in [6.45, 7) is 4.05. The van der Waals surface area contributed by atoms with Crippen LogP contribution in [0.4, 0.5) is 0 Å². The fraction of sp³-hybridized carbons (Fsp3) is 0.417. The SMILES string of the molecule is CC(C)[C@@H](C=O)C(=O)NCc1ccccn1. The molecule has 16 heavy (non-hydrogen) atoms. The first kappa shape index (κ1) is 12.4. The minimum atomic E-state index is -0.580. The van der Waals surface area contributed by atoms with Crippen LogP contribution in [0.3, 0.4) is 0 Å². The molecule has 0 fully saturated rings. The van der Waals surface area contributed by atoms with Crippen molar-refractivity contribution in [3.8, 4) is 0 Å². The summed E-state index contributed by atoms with van der Waals surface area (Å²) in [6, 6.07) is 5.49. The molecule has 0 aromatic carbocycles. The molecule has 1 N–H and O–H groups in total. The summed E-state index contributed by atoms with van der Waals surface area (Å²) in [5.41, 5.74) is 0.782. The summed E-state index contributed by atoms with van der Waals surface area (Å²) >= 11 is 0. The van der Waals surface area contributed by atoms with Gasteiger partial charge in [0.25, 0.3) is 0 Å². The topological polar surface area (TPSA) is 59.1 Å². The number of carbonyl (C=O) groups excluding carboxylic acids is 2. The summed E-state index contributed by atoms with van der Waals surface area (Å²) in [6.07, 6.45) is 2.36. The molecule has 0 spiro atoms. The van der Waals surface area contributed by atoms with Gasteiger partial charge >= 0.3 is 0 Å². The number of nitrogens with zero attached hydrogens (tertiary/aromatic N) is 1. The molecule has 4 nitrogen and oxygen atoms in total. The molecule has 1 heterocycles. The highest BCUT2D eigenvalue weighted by molar-refractivity contribution is 5.91. The van der Waals surface area contributed by atoms with E-state index in [1.165, 1.54) is 0 Å². The Balaban J connectivity index is 2.49. The lowest BCUT2D eigenvalue weighted by molar-refractivity contribution is -0.130. The van der Waals surface area contributed by atoms with Gasteiger partial charge < -0.3 is 10.1 Å². The van der Waals surface area contributed by atoms with Crippen molar-refractivity contribution in [3.05, 3.63) is 30.1 Å². The summed E-state index contributed by atoms with van der Waals surface area (Å²) in [7, 11) is 0. The molecule has 1 rings (SSSR count). The zero-order chi connectivity index (χ0) is 12.0. The highest BCUT2D eigenvalue weighted by Crippen LogP contribution is 2.07. The largest absolute Gasteiger partial charge is 0.350 e. The van der Waals surface area contributed by atoms with E-state index < -0.39 is 5.92 Å². The molecule has 0 saturated carbocycles. The van der Waals surface area contributed by atoms with E-state index in [2.05, 4.69) is 10.3 Å². The van der Waals surface area contributed by atoms with E-state index in [9.17, 15) is 9.59 Å². The number of nitrogens with one attached hydrogen (secondary N) is 1. The van der Waals surface area contributed by atoms with Crippen LogP contribution >= 0.6 is 0 Å². The van der Waals surface area contributed by atoms with Crippen LogP contribution in [-0.2, 0) is 16.1 Å². The number of rotatable bonds is 5. The molecule has 0 aliphatic rings. The standard InChI is InChI=1S/C12H16N2O2/c1-9(2)11(8-15)12(16)14-7-10-5-3-4-6-13-10/h3-6,8-9,11H,7H2,1-2H3,(H,14,16)/t11-/m1/s1. The van der Waals surface area contributed by atoms with Gasteiger partial charge in [-0.3, -0.25) is 9.78 Å². The number of pyridine rings is 1. The van der Waals surface area contributed by atoms with Crippen LogP contribution in [0, 0.1) is 11.8 Å². The number of hydrogen-bond acceptors (Lipinski definition) is 3. The summed E-state index contributed by atoms with van der Waals surface area (Å²) in [4.78, 5) is 26.4. The van der Waals surface area contributed by atoms with Crippen molar-refractivity contribution < 1.29 is 9.59 Å². The quantitative estimate of drug-likeness (QED) is 0.598. The first-order chi connectivity index (χ1) is 7.65. The van der Waals surface area contributed by atoms with Gasteiger partial charge in [-0.25, -0.2) is 0 Å². The number of aromatic nitrogens is 1. The van der Waals surface area contributed by atoms with E-state index in [4.69, 9.17) is 0 Å². The second kappa shape index (κ2) is 6.00. The van der Waals surface area contributed by atoms with Crippen molar-refractivity contribution >= 4 is 12.2 Å². The molecule has 1 amide bonds. The Labute approximate surface area is 95.1 Å². The van der Waals surface area contributed by atoms with Gasteiger partial charge in [-0.15, -0.1) is 0 Å². The summed E-state index contributed by atoms with van der Waals surface area (Å²) in [5, 5.41) is 2.70. The highest BCUT2D eigenvalue weighted by Gasteiger charge is 2.20. The Morgan fingerprint density at radius 1 is 1.50 bits per heavy atom. The van der Waals surface area contributed by atoms with Gasteiger partial charge in [0.15, 0.2) is 0 Å². The monoisotopic (exact) mass is 220 g/mol. The van der Waals surface area contributed by atoms with Crippen LogP contribution in [0.1, 0.15) is 19.5 Å². The van der Waals surface area contributed by atoms with Gasteiger partial charge in [-0.05, 0) is 18.1 Å². The van der Waals surface area contributed by atoms with Crippen LogP contribution in [0.25, 0.3) is 0 Å². The summed E-state index contributed by atoms with van der Waals surface area (Å²) in [5.74, 6) is -0.805. The van der Waals surface area contributed by atoms with Crippen molar-refractivity contribution in [2.75, 3.05) is 0 Å². The lowest BCUT2D eigenvalue weighted by Gasteiger charge is -2.13. The van der Waals surface area contributed by atoms with E-state index in [-0.39, 0.29) is 11.8 Å². The first-order valence-corrected chi connectivity index (χ1v) is 5.28. The average molecular weight is 220 g/mol. The van der Waals surface area contributed by atoms with E-state index >= 15 is 0 Å². The van der Waals surface area contributed by atoms with E-state index in [0.29, 0.717) is 12.8 Å². The lowest BCUT2D eigenvalue weighted by Crippen LogP contribution is -2.34. The molecular weight excluding hydrogens is 204 g/mol. The van der Waals surface area contributed by atoms with Crippen molar-refractivity contribution in [1.29, 1.82) is 0 Å². The van der Waals surface area contributed by atoms with E-state index in [1.54, 1.807) is 6.20 Å². The minimum absolute atomic E-state index is 0.0150. The van der Waals surface area contributed by atoms with Crippen molar-refractivity contribution in [2.24, 2.45) is 11.8 Å². The predicted molar refractivity (Wildman–Crippen MR) is 60.5 cm³/mol. The Morgan fingerprint density at radius 3 is 2.75 bits per heavy atom. The lowest BCUT2D eigenvalue weighted by atomic mass is 9.97. The first-order valence-electron chi connectivity index (χ1n) is 5.28. The second-order valence-electron chi connectivity index (χ2n) is 3.94. The maximum Gasteiger partial charge on any atom is 0.230 e. The number of aldehydes is 1. The van der Waals surface area contributed by atoms with Crippen molar-refractivity contribution in [1.82, 2.24) is 10.3 Å². The highest BCUT2D eigenvalue weighted by atomic mass is 16.2. The van der Waals surface area contributed by atoms with Gasteiger partial charge in [0, 0.05) is 6.20 Å². The van der Waals surface area contributed by atoms with Crippen LogP contribution < -0.4 is 5.32 Å². The molecule has 1 aromatic heterocycles. The molecule has 0 aliphatic heterocycles. The molecule has 0 bridgehead atoms. The molecular formula is C12H16N2O2. The van der Waals surface area contributed by atoms with Crippen LogP contribution in [0.2, 0.25) is 0 Å². The Kier molecular flexibility index (Phi) is 4.64. The van der Waals surface area contributed by atoms with Crippen molar-refractivity contribution in [2.45, 2.75) is 20.4 Å². The van der Waals surface area contributed by atoms with Crippen LogP contribution in [0.15, 0.2) is 24.4 Å². The Bertz CT molecular complexity index is 349. The third kappa shape index (κ3) is 3.46. The van der Waals surface area contributed by atoms with Crippen LogP contribution in [-0.4, -0.2) is 17.2 Å². The molecule has 0 radical (unpaired) electrons. The van der Waals surface area contributed by atoms with Gasteiger partial charge in [-0.2, -0.15) is 0 Å². The molecule has 0 saturated heterocycles. The van der Waals surface area contributed by atoms with Gasteiger partial charge in [-0.1, -0.05) is 19.9 Å². The van der Waals surface area contributed by atoms with Crippen molar-refractivity contribution in [3.63, 3.8) is 0 Å². The molecule has 86 valence electrons. The fourth-order valence-corrected chi connectivity index (χ4v) is 1.32. The van der Waals surface area contributed by atoms with Gasteiger partial charge in [0.2, 0.25) is 5.91 Å². The van der Waals surface area contributed by atoms with Gasteiger partial charge in [0.1, 0.15) is 6.29 Å². The minimum Gasteiger partial charge on any atom is -0.350 e. The zero-order valence-corrected chi connectivity index (χ0v) is 9.51. The third-order valence-corrected chi connectivity index (χ3v) is 2.34. The summed E-state index contributed by atoms with van der Waals surface area (Å²) < 4.78 is 0. The molecule has 1 atom stereocenters. The van der Waals surface area contributed by atoms with E-state index in [1.807, 2.05) is 32.0 Å². The maximum absolute atomic E-state index is 11.6. The second-order valence-corrected chi connectivity index (χ2v) is 3.94. The maximum atomic E-state index is 11.6. The molecule has 0 aliphatic carbocycles.